The Balaban J connectivity index is 0.000000170. The highest BCUT2D eigenvalue weighted by Crippen LogP contribution is 2.27. The van der Waals surface area contributed by atoms with E-state index in [2.05, 4.69) is 93.7 Å². The molecule has 0 saturated carbocycles. The third-order valence-corrected chi connectivity index (χ3v) is 10.2. The maximum atomic E-state index is 8.13. The Labute approximate surface area is 268 Å². The molecule has 204 valence electrons. The van der Waals surface area contributed by atoms with Crippen LogP contribution in [0.15, 0.2) is 57.5 Å². The van der Waals surface area contributed by atoms with Gasteiger partial charge in [-0.1, -0.05) is 72.1 Å². The van der Waals surface area contributed by atoms with E-state index < -0.39 is 0 Å². The lowest BCUT2D eigenvalue weighted by atomic mass is 10.0. The zero-order valence-corrected chi connectivity index (χ0v) is 29.1. The summed E-state index contributed by atoms with van der Waals surface area (Å²) in [7, 11) is 0. The van der Waals surface area contributed by atoms with E-state index in [0.29, 0.717) is 4.80 Å². The predicted octanol–water partition coefficient (Wildman–Crippen LogP) is 9.24. The molecule has 0 unspecified atom stereocenters. The van der Waals surface area contributed by atoms with Gasteiger partial charge in [-0.2, -0.15) is 0 Å². The summed E-state index contributed by atoms with van der Waals surface area (Å²) in [5.74, 6) is 0. The first-order valence-electron chi connectivity index (χ1n) is 12.5. The van der Waals surface area contributed by atoms with Gasteiger partial charge in [-0.05, 0) is 86.8 Å². The Bertz CT molecular complexity index is 1320. The molecule has 0 atom stereocenters. The summed E-state index contributed by atoms with van der Waals surface area (Å²) in [6, 6.07) is 16.6. The highest BCUT2D eigenvalue weighted by Gasteiger charge is 2.16. The second-order valence-corrected chi connectivity index (χ2v) is 13.7. The molecule has 38 heavy (non-hydrogen) atoms. The van der Waals surface area contributed by atoms with Crippen molar-refractivity contribution in [3.05, 3.63) is 94.5 Å². The van der Waals surface area contributed by atoms with Gasteiger partial charge in [0.2, 0.25) is 0 Å². The lowest BCUT2D eigenvalue weighted by molar-refractivity contribution is 0.619. The van der Waals surface area contributed by atoms with E-state index in [0.717, 1.165) is 38.8 Å². The number of aryl methyl sites for hydroxylation is 3. The zero-order chi connectivity index (χ0) is 26.2. The van der Waals surface area contributed by atoms with Crippen LogP contribution in [0.4, 0.5) is 5.13 Å². The minimum atomic E-state index is 0. The smallest absolute Gasteiger partial charge is 0.182 e. The summed E-state index contributed by atoms with van der Waals surface area (Å²) >= 11 is 13.5. The van der Waals surface area contributed by atoms with Crippen molar-refractivity contribution in [1.82, 2.24) is 9.55 Å². The van der Waals surface area contributed by atoms with Crippen LogP contribution in [0.5, 0.6) is 0 Å². The van der Waals surface area contributed by atoms with Crippen LogP contribution >= 0.6 is 87.4 Å². The first-order valence-corrected chi connectivity index (χ1v) is 16.8. The molecule has 4 aromatic rings. The highest BCUT2D eigenvalue weighted by atomic mass is 79.9. The van der Waals surface area contributed by atoms with Crippen molar-refractivity contribution in [2.24, 2.45) is 0 Å². The number of fused-ring (bicyclic) bond motifs is 2. The van der Waals surface area contributed by atoms with Crippen molar-refractivity contribution in [2.45, 2.75) is 63.2 Å². The standard InChI is InChI=1S/C14H15BrN2S.C7H6Br2.C7H10N2S.BrH/c15-11-7-5-10(6-8-11)9-17-12-3-1-2-4-13(12)18-14(17)16;8-5-6-1-3-7(9)4-2-6;8-7-9-5-3-1-2-4-6(5)10-7;/h5-8,16H,1-4,9H2;1-4H,5H2;1-4H2,(H2,8,9);1H. The number of hydrogen-bond acceptors (Lipinski definition) is 5. The number of alkyl halides is 1. The molecule has 2 aromatic carbocycles. The zero-order valence-electron chi connectivity index (χ0n) is 21.0. The van der Waals surface area contributed by atoms with E-state index >= 15 is 0 Å². The number of nitrogens with zero attached hydrogens (tertiary/aromatic N) is 2. The summed E-state index contributed by atoms with van der Waals surface area (Å²) in [6.45, 7) is 0.831. The highest BCUT2D eigenvalue weighted by molar-refractivity contribution is 9.10. The Morgan fingerprint density at radius 2 is 1.34 bits per heavy atom. The van der Waals surface area contributed by atoms with E-state index in [-0.39, 0.29) is 17.0 Å². The van der Waals surface area contributed by atoms with Crippen molar-refractivity contribution in [3.63, 3.8) is 0 Å². The molecule has 4 nitrogen and oxygen atoms in total. The van der Waals surface area contributed by atoms with Gasteiger partial charge in [0.1, 0.15) is 0 Å². The minimum Gasteiger partial charge on any atom is -0.375 e. The third-order valence-electron chi connectivity index (χ3n) is 6.36. The SMILES string of the molecule is Br.BrCc1ccc(Br)cc1.N=c1sc2c(n1Cc1ccc(Br)cc1)CCCC2.Nc1nc2c(s1)CCCC2. The fraction of sp³-hybridized carbons (Fsp3) is 0.357. The Morgan fingerprint density at radius 3 is 1.95 bits per heavy atom. The van der Waals surface area contributed by atoms with E-state index in [4.69, 9.17) is 11.1 Å². The molecule has 0 fully saturated rings. The third kappa shape index (κ3) is 9.13. The van der Waals surface area contributed by atoms with Crippen LogP contribution < -0.4 is 10.5 Å². The largest absolute Gasteiger partial charge is 0.375 e. The number of nitrogen functional groups attached to an aromatic ring is 1. The van der Waals surface area contributed by atoms with Gasteiger partial charge in [-0.25, -0.2) is 4.98 Å². The topological polar surface area (TPSA) is 67.7 Å². The number of benzene rings is 2. The number of rotatable bonds is 3. The second kappa shape index (κ2) is 15.9. The molecule has 0 saturated heterocycles. The number of aromatic nitrogens is 2. The molecule has 6 rings (SSSR count). The van der Waals surface area contributed by atoms with E-state index in [1.165, 1.54) is 70.8 Å². The van der Waals surface area contributed by atoms with E-state index in [9.17, 15) is 0 Å². The number of nitrogens with two attached hydrogens (primary N) is 1. The van der Waals surface area contributed by atoms with Crippen molar-refractivity contribution in [2.75, 3.05) is 5.73 Å². The lowest BCUT2D eigenvalue weighted by Gasteiger charge is -2.14. The molecular weight excluding hydrogens is 776 g/mol. The number of nitrogens with one attached hydrogen (secondary N) is 1. The van der Waals surface area contributed by atoms with Gasteiger partial charge in [0.25, 0.3) is 0 Å². The molecular formula is C28H32Br4N4S2. The van der Waals surface area contributed by atoms with Crippen LogP contribution in [-0.4, -0.2) is 9.55 Å². The van der Waals surface area contributed by atoms with Gasteiger partial charge in [0.15, 0.2) is 9.93 Å². The molecule has 10 heteroatoms. The maximum Gasteiger partial charge on any atom is 0.182 e. The molecule has 2 aliphatic carbocycles. The van der Waals surface area contributed by atoms with Crippen molar-refractivity contribution in [1.29, 1.82) is 5.41 Å². The average molecular weight is 808 g/mol. The average Bonchev–Trinajstić information content (AvgIpc) is 3.45. The molecule has 3 N–H and O–H groups in total. The Hall–Kier alpha value is -0.780. The second-order valence-electron chi connectivity index (χ2n) is 9.09. The molecule has 0 aliphatic heterocycles. The summed E-state index contributed by atoms with van der Waals surface area (Å²) in [5, 5.41) is 9.80. The molecule has 0 spiro atoms. The Kier molecular flexibility index (Phi) is 13.3. The quantitative estimate of drug-likeness (QED) is 0.203. The van der Waals surface area contributed by atoms with E-state index in [1.54, 1.807) is 22.7 Å². The van der Waals surface area contributed by atoms with Gasteiger partial charge < -0.3 is 10.3 Å². The first-order chi connectivity index (χ1) is 17.9. The van der Waals surface area contributed by atoms with Gasteiger partial charge in [-0.3, -0.25) is 5.41 Å². The van der Waals surface area contributed by atoms with Crippen LogP contribution in [0.3, 0.4) is 0 Å². The number of hydrogen-bond donors (Lipinski definition) is 2. The van der Waals surface area contributed by atoms with Crippen molar-refractivity contribution < 1.29 is 0 Å². The van der Waals surface area contributed by atoms with Crippen LogP contribution in [0.2, 0.25) is 0 Å². The summed E-state index contributed by atoms with van der Waals surface area (Å²) in [4.78, 5) is 7.80. The van der Waals surface area contributed by atoms with Crippen molar-refractivity contribution in [3.8, 4) is 0 Å². The van der Waals surface area contributed by atoms with Gasteiger partial charge in [0, 0.05) is 29.7 Å². The maximum absolute atomic E-state index is 8.13. The van der Waals surface area contributed by atoms with Crippen LogP contribution in [-0.2, 0) is 37.6 Å². The number of thiazole rings is 2. The number of halogens is 4. The molecule has 0 amide bonds. The molecule has 2 aromatic heterocycles. The predicted molar refractivity (Wildman–Crippen MR) is 178 cm³/mol. The van der Waals surface area contributed by atoms with Crippen LogP contribution in [0, 0.1) is 5.41 Å². The van der Waals surface area contributed by atoms with Gasteiger partial charge in [0.05, 0.1) is 12.2 Å². The van der Waals surface area contributed by atoms with Crippen LogP contribution in [0.1, 0.15) is 58.0 Å². The minimum absolute atomic E-state index is 0. The molecule has 2 aliphatic rings. The summed E-state index contributed by atoms with van der Waals surface area (Å²) in [5.41, 5.74) is 10.8. The summed E-state index contributed by atoms with van der Waals surface area (Å²) in [6.07, 6.45) is 9.80. The summed E-state index contributed by atoms with van der Waals surface area (Å²) < 4.78 is 4.42. The number of anilines is 1. The molecule has 0 bridgehead atoms. The molecule has 0 radical (unpaired) electrons. The lowest BCUT2D eigenvalue weighted by Crippen LogP contribution is -2.18. The van der Waals surface area contributed by atoms with Crippen LogP contribution in [0.25, 0.3) is 0 Å². The Morgan fingerprint density at radius 1 is 0.789 bits per heavy atom. The monoisotopic (exact) mass is 804 g/mol. The van der Waals surface area contributed by atoms with Gasteiger partial charge >= 0.3 is 0 Å². The normalized spacial score (nSPS) is 13.6. The first kappa shape index (κ1) is 31.7. The fourth-order valence-corrected chi connectivity index (χ4v) is 7.35. The molecule has 2 heterocycles. The van der Waals surface area contributed by atoms with E-state index in [1.807, 2.05) is 12.1 Å². The van der Waals surface area contributed by atoms with Gasteiger partial charge in [-0.15, -0.1) is 39.7 Å². The fourth-order valence-electron chi connectivity index (χ4n) is 4.44. The van der Waals surface area contributed by atoms with Crippen molar-refractivity contribution >= 4 is 92.6 Å².